The van der Waals surface area contributed by atoms with Gasteiger partial charge in [-0.2, -0.15) is 0 Å². The molecule has 7 heteroatoms. The van der Waals surface area contributed by atoms with Gasteiger partial charge in [-0.3, -0.25) is 9.59 Å². The molecule has 0 bridgehead atoms. The standard InChI is InChI=1S/C13H16ClN3O3/c1-20-11-3-2-8(14)6-9(11)17-12(18)7-10-13(19)16-5-4-15-10/h2-3,6,10,15H,4-5,7H2,1H3,(H,16,19)(H,17,18). The van der Waals surface area contributed by atoms with Gasteiger partial charge < -0.3 is 20.7 Å². The lowest BCUT2D eigenvalue weighted by Gasteiger charge is -2.23. The highest BCUT2D eigenvalue weighted by Gasteiger charge is 2.24. The van der Waals surface area contributed by atoms with Crippen molar-refractivity contribution in [2.24, 2.45) is 0 Å². The number of anilines is 1. The van der Waals surface area contributed by atoms with Crippen LogP contribution in [-0.4, -0.2) is 38.1 Å². The maximum absolute atomic E-state index is 12.0. The molecular weight excluding hydrogens is 282 g/mol. The van der Waals surface area contributed by atoms with Gasteiger partial charge in [0.25, 0.3) is 0 Å². The molecule has 2 amide bonds. The van der Waals surface area contributed by atoms with Crippen LogP contribution in [0.2, 0.25) is 5.02 Å². The number of piperazine rings is 1. The molecule has 6 nitrogen and oxygen atoms in total. The van der Waals surface area contributed by atoms with Gasteiger partial charge in [0.1, 0.15) is 5.75 Å². The van der Waals surface area contributed by atoms with E-state index in [2.05, 4.69) is 16.0 Å². The minimum absolute atomic E-state index is 0.0570. The summed E-state index contributed by atoms with van der Waals surface area (Å²) in [6, 6.07) is 4.44. The van der Waals surface area contributed by atoms with E-state index >= 15 is 0 Å². The third kappa shape index (κ3) is 3.61. The lowest BCUT2D eigenvalue weighted by Crippen LogP contribution is -2.53. The molecule has 0 radical (unpaired) electrons. The Labute approximate surface area is 121 Å². The molecule has 1 saturated heterocycles. The van der Waals surface area contributed by atoms with Crippen LogP contribution in [0, 0.1) is 0 Å². The Kier molecular flexibility index (Phi) is 4.81. The summed E-state index contributed by atoms with van der Waals surface area (Å²) in [6.45, 7) is 1.24. The van der Waals surface area contributed by atoms with Gasteiger partial charge in [-0.1, -0.05) is 11.6 Å². The maximum Gasteiger partial charge on any atom is 0.237 e. The molecule has 1 aromatic carbocycles. The number of nitrogens with one attached hydrogen (secondary N) is 3. The van der Waals surface area contributed by atoms with Crippen molar-refractivity contribution in [3.05, 3.63) is 23.2 Å². The van der Waals surface area contributed by atoms with Crippen molar-refractivity contribution in [2.75, 3.05) is 25.5 Å². The highest BCUT2D eigenvalue weighted by Crippen LogP contribution is 2.27. The average Bonchev–Trinajstić information content (AvgIpc) is 2.41. The van der Waals surface area contributed by atoms with Crippen molar-refractivity contribution in [3.8, 4) is 5.75 Å². The normalized spacial score (nSPS) is 18.3. The fourth-order valence-electron chi connectivity index (χ4n) is 1.98. The van der Waals surface area contributed by atoms with Crippen molar-refractivity contribution in [2.45, 2.75) is 12.5 Å². The molecule has 108 valence electrons. The number of halogens is 1. The van der Waals surface area contributed by atoms with Crippen LogP contribution < -0.4 is 20.7 Å². The molecular formula is C13H16ClN3O3. The molecule has 3 N–H and O–H groups in total. The Bertz CT molecular complexity index is 522. The first kappa shape index (κ1) is 14.6. The number of amides is 2. The molecule has 1 aliphatic rings. The molecule has 0 saturated carbocycles. The van der Waals surface area contributed by atoms with Gasteiger partial charge in [-0.15, -0.1) is 0 Å². The van der Waals surface area contributed by atoms with Gasteiger partial charge in [-0.05, 0) is 18.2 Å². The van der Waals surface area contributed by atoms with E-state index in [-0.39, 0.29) is 18.2 Å². The molecule has 2 rings (SSSR count). The van der Waals surface area contributed by atoms with Crippen molar-refractivity contribution in [3.63, 3.8) is 0 Å². The molecule has 1 fully saturated rings. The minimum atomic E-state index is -0.506. The van der Waals surface area contributed by atoms with E-state index in [0.29, 0.717) is 29.5 Å². The summed E-state index contributed by atoms with van der Waals surface area (Å²) in [5.41, 5.74) is 0.487. The van der Waals surface area contributed by atoms with Crippen molar-refractivity contribution < 1.29 is 14.3 Å². The van der Waals surface area contributed by atoms with Gasteiger partial charge in [-0.25, -0.2) is 0 Å². The lowest BCUT2D eigenvalue weighted by molar-refractivity contribution is -0.127. The molecule has 1 atom stereocenters. The van der Waals surface area contributed by atoms with E-state index in [4.69, 9.17) is 16.3 Å². The molecule has 1 unspecified atom stereocenters. The molecule has 1 aliphatic heterocycles. The predicted octanol–water partition coefficient (Wildman–Crippen LogP) is 0.765. The Balaban J connectivity index is 2.00. The number of methoxy groups -OCH3 is 1. The second kappa shape index (κ2) is 6.58. The van der Waals surface area contributed by atoms with Crippen LogP contribution >= 0.6 is 11.6 Å². The van der Waals surface area contributed by atoms with E-state index in [0.717, 1.165) is 0 Å². The highest BCUT2D eigenvalue weighted by molar-refractivity contribution is 6.31. The van der Waals surface area contributed by atoms with Crippen LogP contribution in [0.5, 0.6) is 5.75 Å². The monoisotopic (exact) mass is 297 g/mol. The molecule has 0 aliphatic carbocycles. The Morgan fingerprint density at radius 3 is 3.00 bits per heavy atom. The van der Waals surface area contributed by atoms with E-state index in [1.807, 2.05) is 0 Å². The van der Waals surface area contributed by atoms with E-state index in [1.54, 1.807) is 18.2 Å². The van der Waals surface area contributed by atoms with Crippen molar-refractivity contribution >= 4 is 29.1 Å². The topological polar surface area (TPSA) is 79.5 Å². The van der Waals surface area contributed by atoms with E-state index in [9.17, 15) is 9.59 Å². The Hall–Kier alpha value is -1.79. The lowest BCUT2D eigenvalue weighted by atomic mass is 10.1. The second-order valence-corrected chi connectivity index (χ2v) is 4.83. The minimum Gasteiger partial charge on any atom is -0.495 e. The van der Waals surface area contributed by atoms with E-state index < -0.39 is 6.04 Å². The zero-order valence-electron chi connectivity index (χ0n) is 11.0. The number of rotatable bonds is 4. The average molecular weight is 298 g/mol. The maximum atomic E-state index is 12.0. The van der Waals surface area contributed by atoms with Gasteiger partial charge >= 0.3 is 0 Å². The molecule has 0 spiro atoms. The van der Waals surface area contributed by atoms with E-state index in [1.165, 1.54) is 7.11 Å². The van der Waals surface area contributed by atoms with Gasteiger partial charge in [0.15, 0.2) is 0 Å². The Morgan fingerprint density at radius 1 is 1.50 bits per heavy atom. The predicted molar refractivity (Wildman–Crippen MR) is 76.1 cm³/mol. The third-order valence-corrected chi connectivity index (χ3v) is 3.19. The van der Waals surface area contributed by atoms with Gasteiger partial charge in [0.05, 0.1) is 25.3 Å². The molecule has 1 heterocycles. The number of carbonyl (C=O) groups is 2. The molecule has 20 heavy (non-hydrogen) atoms. The summed E-state index contributed by atoms with van der Waals surface area (Å²) >= 11 is 5.89. The molecule has 0 aromatic heterocycles. The first-order valence-corrected chi connectivity index (χ1v) is 6.62. The molecule has 1 aromatic rings. The second-order valence-electron chi connectivity index (χ2n) is 4.39. The Morgan fingerprint density at radius 2 is 2.30 bits per heavy atom. The quantitative estimate of drug-likeness (QED) is 0.767. The van der Waals surface area contributed by atoms with Gasteiger partial charge in [0.2, 0.25) is 11.8 Å². The van der Waals surface area contributed by atoms with Crippen LogP contribution in [0.1, 0.15) is 6.42 Å². The SMILES string of the molecule is COc1ccc(Cl)cc1NC(=O)CC1NCCNC1=O. The number of hydrogen-bond acceptors (Lipinski definition) is 4. The summed E-state index contributed by atoms with van der Waals surface area (Å²) in [7, 11) is 1.51. The van der Waals surface area contributed by atoms with Crippen molar-refractivity contribution in [1.29, 1.82) is 0 Å². The van der Waals surface area contributed by atoms with Crippen molar-refractivity contribution in [1.82, 2.24) is 10.6 Å². The van der Waals surface area contributed by atoms with Crippen LogP contribution in [0.3, 0.4) is 0 Å². The summed E-state index contributed by atoms with van der Waals surface area (Å²) in [5.74, 6) is 0.0772. The first-order valence-electron chi connectivity index (χ1n) is 6.24. The zero-order chi connectivity index (χ0) is 14.5. The van der Waals surface area contributed by atoms with Gasteiger partial charge in [0, 0.05) is 18.1 Å². The summed E-state index contributed by atoms with van der Waals surface area (Å²) < 4.78 is 5.14. The number of ether oxygens (including phenoxy) is 1. The van der Waals surface area contributed by atoms with Crippen LogP contribution in [0.4, 0.5) is 5.69 Å². The largest absolute Gasteiger partial charge is 0.495 e. The summed E-state index contributed by atoms with van der Waals surface area (Å²) in [6.07, 6.45) is 0.0570. The first-order chi connectivity index (χ1) is 9.60. The number of carbonyl (C=O) groups excluding carboxylic acids is 2. The smallest absolute Gasteiger partial charge is 0.237 e. The zero-order valence-corrected chi connectivity index (χ0v) is 11.8. The van der Waals surface area contributed by atoms with Crippen LogP contribution in [0.25, 0.3) is 0 Å². The summed E-state index contributed by atoms with van der Waals surface area (Å²) in [4.78, 5) is 23.5. The highest BCUT2D eigenvalue weighted by atomic mass is 35.5. The fourth-order valence-corrected chi connectivity index (χ4v) is 2.15. The number of benzene rings is 1. The fraction of sp³-hybridized carbons (Fsp3) is 0.385. The van der Waals surface area contributed by atoms with Crippen LogP contribution in [0.15, 0.2) is 18.2 Å². The third-order valence-electron chi connectivity index (χ3n) is 2.96. The number of hydrogen-bond donors (Lipinski definition) is 3. The van der Waals surface area contributed by atoms with Crippen LogP contribution in [-0.2, 0) is 9.59 Å². The summed E-state index contributed by atoms with van der Waals surface area (Å²) in [5, 5.41) is 8.90.